The van der Waals surface area contributed by atoms with Crippen LogP contribution in [-0.2, 0) is 4.74 Å². The molecule has 0 heterocycles. The number of nitrogens with zero attached hydrogens (tertiary/aromatic N) is 1. The van der Waals surface area contributed by atoms with Crippen molar-refractivity contribution in [1.29, 1.82) is 0 Å². The molecule has 0 radical (unpaired) electrons. The van der Waals surface area contributed by atoms with Gasteiger partial charge in [0.05, 0.1) is 6.61 Å². The maximum Gasteiger partial charge on any atom is 0.0589 e. The first-order valence-electron chi connectivity index (χ1n) is 6.26. The lowest BCUT2D eigenvalue weighted by atomic mass is 10.2. The van der Waals surface area contributed by atoms with Gasteiger partial charge in [0.15, 0.2) is 0 Å². The Morgan fingerprint density at radius 3 is 2.33 bits per heavy atom. The third-order valence-electron chi connectivity index (χ3n) is 2.62. The van der Waals surface area contributed by atoms with Gasteiger partial charge in [-0.25, -0.2) is 0 Å². The quantitative estimate of drug-likeness (QED) is 0.536. The molecule has 3 heteroatoms. The molecule has 0 aromatic carbocycles. The number of nitrogens with two attached hydrogens (primary N) is 1. The van der Waals surface area contributed by atoms with Gasteiger partial charge in [0.1, 0.15) is 0 Å². The fraction of sp³-hybridized carbons (Fsp3) is 1.00. The van der Waals surface area contributed by atoms with Gasteiger partial charge >= 0.3 is 0 Å². The predicted molar refractivity (Wildman–Crippen MR) is 66.1 cm³/mol. The highest BCUT2D eigenvalue weighted by atomic mass is 16.5. The van der Waals surface area contributed by atoms with Gasteiger partial charge in [0, 0.05) is 13.7 Å². The van der Waals surface area contributed by atoms with Crippen molar-refractivity contribution < 1.29 is 4.74 Å². The van der Waals surface area contributed by atoms with E-state index in [1.807, 2.05) is 0 Å². The molecule has 0 aromatic rings. The van der Waals surface area contributed by atoms with Gasteiger partial charge in [-0.05, 0) is 32.5 Å². The van der Waals surface area contributed by atoms with E-state index in [2.05, 4.69) is 11.8 Å². The van der Waals surface area contributed by atoms with Crippen LogP contribution in [0.2, 0.25) is 0 Å². The molecule has 2 N–H and O–H groups in total. The Labute approximate surface area is 95.0 Å². The molecule has 0 rings (SSSR count). The molecule has 0 aliphatic carbocycles. The van der Waals surface area contributed by atoms with E-state index < -0.39 is 0 Å². The summed E-state index contributed by atoms with van der Waals surface area (Å²) in [6, 6.07) is 0. The molecule has 0 spiro atoms. The molecule has 0 aromatic heterocycles. The van der Waals surface area contributed by atoms with E-state index in [9.17, 15) is 0 Å². The SMILES string of the molecule is CCCCCCN(CCCN)CCOC. The normalized spacial score (nSPS) is 11.2. The Balaban J connectivity index is 3.49. The summed E-state index contributed by atoms with van der Waals surface area (Å²) in [6.45, 7) is 7.23. The first kappa shape index (κ1) is 14.9. The van der Waals surface area contributed by atoms with Gasteiger partial charge in [0.25, 0.3) is 0 Å². The lowest BCUT2D eigenvalue weighted by molar-refractivity contribution is 0.146. The number of hydrogen-bond donors (Lipinski definition) is 1. The Hall–Kier alpha value is -0.120. The van der Waals surface area contributed by atoms with E-state index in [0.29, 0.717) is 0 Å². The number of rotatable bonds is 11. The summed E-state index contributed by atoms with van der Waals surface area (Å²) < 4.78 is 5.11. The highest BCUT2D eigenvalue weighted by molar-refractivity contribution is 4.58. The van der Waals surface area contributed by atoms with Crippen molar-refractivity contribution in [2.45, 2.75) is 39.0 Å². The van der Waals surface area contributed by atoms with Crippen LogP contribution in [0, 0.1) is 0 Å². The lowest BCUT2D eigenvalue weighted by Crippen LogP contribution is -2.30. The molecule has 0 saturated carbocycles. The van der Waals surface area contributed by atoms with Crippen LogP contribution in [0.5, 0.6) is 0 Å². The Morgan fingerprint density at radius 2 is 1.73 bits per heavy atom. The number of ether oxygens (including phenoxy) is 1. The summed E-state index contributed by atoms with van der Waals surface area (Å²) in [5.74, 6) is 0. The third-order valence-corrected chi connectivity index (χ3v) is 2.62. The molecule has 3 nitrogen and oxygen atoms in total. The van der Waals surface area contributed by atoms with Crippen LogP contribution < -0.4 is 5.73 Å². The van der Waals surface area contributed by atoms with Crippen LogP contribution in [0.1, 0.15) is 39.0 Å². The first-order chi connectivity index (χ1) is 7.35. The van der Waals surface area contributed by atoms with Crippen LogP contribution in [0.4, 0.5) is 0 Å². The number of unbranched alkanes of at least 4 members (excludes halogenated alkanes) is 3. The van der Waals surface area contributed by atoms with Crippen molar-refractivity contribution in [3.8, 4) is 0 Å². The molecular weight excluding hydrogens is 188 g/mol. The van der Waals surface area contributed by atoms with Crippen molar-refractivity contribution in [3.05, 3.63) is 0 Å². The zero-order valence-corrected chi connectivity index (χ0v) is 10.5. The highest BCUT2D eigenvalue weighted by Gasteiger charge is 2.03. The third kappa shape index (κ3) is 10.2. The Morgan fingerprint density at radius 1 is 1.00 bits per heavy atom. The lowest BCUT2D eigenvalue weighted by Gasteiger charge is -2.21. The minimum atomic E-state index is 0.790. The maximum absolute atomic E-state index is 5.52. The van der Waals surface area contributed by atoms with E-state index >= 15 is 0 Å². The van der Waals surface area contributed by atoms with Gasteiger partial charge < -0.3 is 15.4 Å². The molecule has 0 bridgehead atoms. The van der Waals surface area contributed by atoms with Crippen molar-refractivity contribution in [3.63, 3.8) is 0 Å². The van der Waals surface area contributed by atoms with E-state index in [1.54, 1.807) is 7.11 Å². The maximum atomic E-state index is 5.52. The smallest absolute Gasteiger partial charge is 0.0589 e. The zero-order chi connectivity index (χ0) is 11.4. The average Bonchev–Trinajstić information content (AvgIpc) is 2.27. The predicted octanol–water partition coefficient (Wildman–Crippen LogP) is 1.86. The van der Waals surface area contributed by atoms with Crippen molar-refractivity contribution in [2.24, 2.45) is 5.73 Å². The molecule has 92 valence electrons. The second-order valence-corrected chi connectivity index (χ2v) is 4.04. The van der Waals surface area contributed by atoms with Crippen molar-refractivity contribution in [2.75, 3.05) is 39.9 Å². The van der Waals surface area contributed by atoms with Crippen LogP contribution in [-0.4, -0.2) is 44.8 Å². The largest absolute Gasteiger partial charge is 0.383 e. The summed E-state index contributed by atoms with van der Waals surface area (Å²) in [5, 5.41) is 0. The van der Waals surface area contributed by atoms with Crippen LogP contribution in [0.15, 0.2) is 0 Å². The molecule has 0 amide bonds. The molecule has 0 aliphatic rings. The average molecular weight is 216 g/mol. The van der Waals surface area contributed by atoms with Crippen molar-refractivity contribution >= 4 is 0 Å². The van der Waals surface area contributed by atoms with Gasteiger partial charge in [-0.3, -0.25) is 0 Å². The number of hydrogen-bond acceptors (Lipinski definition) is 3. The minimum Gasteiger partial charge on any atom is -0.383 e. The number of methoxy groups -OCH3 is 1. The summed E-state index contributed by atoms with van der Waals surface area (Å²) in [7, 11) is 1.76. The van der Waals surface area contributed by atoms with Crippen LogP contribution in [0.3, 0.4) is 0 Å². The van der Waals surface area contributed by atoms with E-state index in [1.165, 1.54) is 32.2 Å². The molecule has 0 aliphatic heterocycles. The van der Waals surface area contributed by atoms with Crippen molar-refractivity contribution in [1.82, 2.24) is 4.90 Å². The molecule has 0 saturated heterocycles. The molecule has 15 heavy (non-hydrogen) atoms. The minimum absolute atomic E-state index is 0.790. The fourth-order valence-corrected chi connectivity index (χ4v) is 1.63. The van der Waals surface area contributed by atoms with Gasteiger partial charge in [-0.2, -0.15) is 0 Å². The molecule has 0 fully saturated rings. The monoisotopic (exact) mass is 216 g/mol. The second kappa shape index (κ2) is 12.0. The summed E-state index contributed by atoms with van der Waals surface area (Å²) in [5.41, 5.74) is 5.52. The Kier molecular flexibility index (Phi) is 11.9. The highest BCUT2D eigenvalue weighted by Crippen LogP contribution is 2.01. The first-order valence-corrected chi connectivity index (χ1v) is 6.26. The van der Waals surface area contributed by atoms with E-state index in [0.717, 1.165) is 32.7 Å². The van der Waals surface area contributed by atoms with Crippen LogP contribution >= 0.6 is 0 Å². The molecular formula is C12H28N2O. The van der Waals surface area contributed by atoms with Crippen LogP contribution in [0.25, 0.3) is 0 Å². The van der Waals surface area contributed by atoms with E-state index in [-0.39, 0.29) is 0 Å². The Bertz CT molecular complexity index is 112. The fourth-order valence-electron chi connectivity index (χ4n) is 1.63. The molecule has 0 unspecified atom stereocenters. The standard InChI is InChI=1S/C12H28N2O/c1-3-4-5-6-9-14(10-7-8-13)11-12-15-2/h3-13H2,1-2H3. The van der Waals surface area contributed by atoms with Gasteiger partial charge in [0.2, 0.25) is 0 Å². The topological polar surface area (TPSA) is 38.5 Å². The summed E-state index contributed by atoms with van der Waals surface area (Å²) in [4.78, 5) is 2.46. The molecule has 0 atom stereocenters. The van der Waals surface area contributed by atoms with Gasteiger partial charge in [-0.15, -0.1) is 0 Å². The summed E-state index contributed by atoms with van der Waals surface area (Å²) in [6.07, 6.45) is 6.41. The van der Waals surface area contributed by atoms with E-state index in [4.69, 9.17) is 10.5 Å². The van der Waals surface area contributed by atoms with Gasteiger partial charge in [-0.1, -0.05) is 26.2 Å². The second-order valence-electron chi connectivity index (χ2n) is 4.04. The zero-order valence-electron chi connectivity index (χ0n) is 10.5. The summed E-state index contributed by atoms with van der Waals surface area (Å²) >= 11 is 0.